The monoisotopic (exact) mass is 307 g/mol. The molecule has 0 radical (unpaired) electrons. The predicted octanol–water partition coefficient (Wildman–Crippen LogP) is 3.02. The lowest BCUT2D eigenvalue weighted by atomic mass is 10.1. The van der Waals surface area contributed by atoms with Gasteiger partial charge >= 0.3 is 0 Å². The molecular formula is C18H17N3O2. The number of hydrogen-bond acceptors (Lipinski definition) is 4. The number of rotatable bonds is 4. The summed E-state index contributed by atoms with van der Waals surface area (Å²) in [6.07, 6.45) is -0.670. The van der Waals surface area contributed by atoms with E-state index >= 15 is 0 Å². The van der Waals surface area contributed by atoms with Crippen LogP contribution in [0.5, 0.6) is 5.75 Å². The number of hydrogen-bond donors (Lipinski definition) is 1. The molecule has 0 amide bonds. The Kier molecular flexibility index (Phi) is 4.00. The van der Waals surface area contributed by atoms with Crippen LogP contribution in [0.1, 0.15) is 30.0 Å². The fourth-order valence-electron chi connectivity index (χ4n) is 2.70. The lowest BCUT2D eigenvalue weighted by Gasteiger charge is -2.12. The number of ether oxygens (including phenoxy) is 1. The van der Waals surface area contributed by atoms with E-state index in [4.69, 9.17) is 4.74 Å². The van der Waals surface area contributed by atoms with E-state index in [0.29, 0.717) is 23.7 Å². The zero-order chi connectivity index (χ0) is 16.4. The minimum absolute atomic E-state index is 0.494. The highest BCUT2D eigenvalue weighted by Gasteiger charge is 2.15. The number of aromatic nitrogens is 2. The maximum atomic E-state index is 10.0. The van der Waals surface area contributed by atoms with Crippen molar-refractivity contribution in [3.05, 3.63) is 59.4 Å². The van der Waals surface area contributed by atoms with E-state index in [1.807, 2.05) is 34.9 Å². The van der Waals surface area contributed by atoms with Crippen LogP contribution >= 0.6 is 0 Å². The average molecular weight is 307 g/mol. The molecule has 0 aliphatic rings. The Bertz CT molecular complexity index is 891. The molecule has 1 aromatic heterocycles. The number of aliphatic hydroxyl groups excluding tert-OH is 1. The minimum atomic E-state index is -0.670. The third kappa shape index (κ3) is 2.77. The summed E-state index contributed by atoms with van der Waals surface area (Å²) in [5.41, 5.74) is 3.25. The van der Waals surface area contributed by atoms with Crippen molar-refractivity contribution in [1.82, 2.24) is 9.55 Å². The van der Waals surface area contributed by atoms with Gasteiger partial charge < -0.3 is 14.4 Å². The first-order chi connectivity index (χ1) is 11.1. The van der Waals surface area contributed by atoms with Crippen LogP contribution in [0.3, 0.4) is 0 Å². The lowest BCUT2D eigenvalue weighted by Crippen LogP contribution is -2.08. The van der Waals surface area contributed by atoms with Crippen LogP contribution < -0.4 is 4.74 Å². The molecule has 0 saturated heterocycles. The molecule has 2 aromatic carbocycles. The first kappa shape index (κ1) is 15.1. The minimum Gasteiger partial charge on any atom is -0.495 e. The third-order valence-corrected chi connectivity index (χ3v) is 3.78. The maximum Gasteiger partial charge on any atom is 0.138 e. The number of nitrogens with zero attached hydrogens (tertiary/aromatic N) is 3. The predicted molar refractivity (Wildman–Crippen MR) is 87.2 cm³/mol. The summed E-state index contributed by atoms with van der Waals surface area (Å²) in [7, 11) is 1.55. The van der Waals surface area contributed by atoms with Gasteiger partial charge in [-0.2, -0.15) is 5.26 Å². The lowest BCUT2D eigenvalue weighted by molar-refractivity contribution is 0.185. The van der Waals surface area contributed by atoms with E-state index in [2.05, 4.69) is 11.1 Å². The molecule has 23 heavy (non-hydrogen) atoms. The summed E-state index contributed by atoms with van der Waals surface area (Å²) < 4.78 is 7.15. The van der Waals surface area contributed by atoms with Crippen molar-refractivity contribution in [1.29, 1.82) is 5.26 Å². The fourth-order valence-corrected chi connectivity index (χ4v) is 2.70. The first-order valence-corrected chi connectivity index (χ1v) is 7.34. The highest BCUT2D eigenvalue weighted by Crippen LogP contribution is 2.24. The number of para-hydroxylation sites is 2. The second-order valence-corrected chi connectivity index (χ2v) is 5.37. The number of aliphatic hydroxyl groups is 1. The van der Waals surface area contributed by atoms with Gasteiger partial charge in [-0.25, -0.2) is 4.98 Å². The van der Waals surface area contributed by atoms with Crippen LogP contribution in [-0.4, -0.2) is 21.8 Å². The molecule has 3 rings (SSSR count). The van der Waals surface area contributed by atoms with Crippen LogP contribution in [0.25, 0.3) is 11.0 Å². The van der Waals surface area contributed by atoms with E-state index in [0.717, 1.165) is 16.6 Å². The molecule has 5 heteroatoms. The Balaban J connectivity index is 2.08. The van der Waals surface area contributed by atoms with E-state index in [1.54, 1.807) is 26.2 Å². The molecule has 116 valence electrons. The summed E-state index contributed by atoms with van der Waals surface area (Å²) in [6.45, 7) is 2.23. The normalized spacial score (nSPS) is 12.1. The van der Waals surface area contributed by atoms with Crippen LogP contribution in [-0.2, 0) is 6.54 Å². The Morgan fingerprint density at radius 2 is 2.09 bits per heavy atom. The summed E-state index contributed by atoms with van der Waals surface area (Å²) in [4.78, 5) is 4.51. The van der Waals surface area contributed by atoms with Crippen LogP contribution in [0.15, 0.2) is 42.5 Å². The van der Waals surface area contributed by atoms with Crippen molar-refractivity contribution >= 4 is 11.0 Å². The molecule has 0 bridgehead atoms. The van der Waals surface area contributed by atoms with E-state index in [1.165, 1.54) is 0 Å². The molecule has 1 heterocycles. The first-order valence-electron chi connectivity index (χ1n) is 7.34. The van der Waals surface area contributed by atoms with Crippen molar-refractivity contribution in [3.8, 4) is 11.8 Å². The molecule has 0 aliphatic carbocycles. The van der Waals surface area contributed by atoms with Gasteiger partial charge in [-0.05, 0) is 36.8 Å². The van der Waals surface area contributed by atoms with Gasteiger partial charge in [-0.1, -0.05) is 18.2 Å². The number of fused-ring (bicyclic) bond motifs is 1. The average Bonchev–Trinajstić information content (AvgIpc) is 2.94. The molecule has 0 fully saturated rings. The zero-order valence-corrected chi connectivity index (χ0v) is 13.0. The van der Waals surface area contributed by atoms with Gasteiger partial charge in [0.25, 0.3) is 0 Å². The van der Waals surface area contributed by atoms with Crippen LogP contribution in [0.4, 0.5) is 0 Å². The molecule has 0 unspecified atom stereocenters. The molecule has 3 aromatic rings. The second-order valence-electron chi connectivity index (χ2n) is 5.37. The van der Waals surface area contributed by atoms with E-state index in [-0.39, 0.29) is 0 Å². The Morgan fingerprint density at radius 1 is 1.30 bits per heavy atom. The van der Waals surface area contributed by atoms with Gasteiger partial charge in [0.2, 0.25) is 0 Å². The van der Waals surface area contributed by atoms with Crippen molar-refractivity contribution < 1.29 is 9.84 Å². The Hall–Kier alpha value is -2.84. The molecule has 0 saturated carbocycles. The smallest absolute Gasteiger partial charge is 0.138 e. The van der Waals surface area contributed by atoms with Crippen LogP contribution in [0.2, 0.25) is 0 Å². The maximum absolute atomic E-state index is 10.0. The summed E-state index contributed by atoms with van der Waals surface area (Å²) >= 11 is 0. The van der Waals surface area contributed by atoms with Crippen LogP contribution in [0, 0.1) is 11.3 Å². The fraction of sp³-hybridized carbons (Fsp3) is 0.222. The number of imidazole rings is 1. The Labute approximate surface area is 134 Å². The topological polar surface area (TPSA) is 71.1 Å². The molecular weight excluding hydrogens is 290 g/mol. The second kappa shape index (κ2) is 6.11. The van der Waals surface area contributed by atoms with E-state index < -0.39 is 6.10 Å². The summed E-state index contributed by atoms with van der Waals surface area (Å²) in [6, 6.07) is 15.4. The molecule has 5 nitrogen and oxygen atoms in total. The number of methoxy groups -OCH3 is 1. The standard InChI is InChI=1S/C18H17N3O2/c1-12(22)18-20-15-5-3-4-6-16(15)21(18)11-13-7-8-17(23-2)14(9-13)10-19/h3-9,12,22H,11H2,1-2H3/t12-/m0/s1. The number of nitriles is 1. The van der Waals surface area contributed by atoms with Crippen molar-refractivity contribution in [3.63, 3.8) is 0 Å². The third-order valence-electron chi connectivity index (χ3n) is 3.78. The summed E-state index contributed by atoms with van der Waals surface area (Å²) in [5, 5.41) is 19.2. The molecule has 1 atom stereocenters. The van der Waals surface area contributed by atoms with Gasteiger partial charge in [0.15, 0.2) is 0 Å². The SMILES string of the molecule is COc1ccc(Cn2c([C@H](C)O)nc3ccccc32)cc1C#N. The van der Waals surface area contributed by atoms with Gasteiger partial charge in [-0.3, -0.25) is 0 Å². The highest BCUT2D eigenvalue weighted by atomic mass is 16.5. The van der Waals surface area contributed by atoms with Crippen molar-refractivity contribution in [2.24, 2.45) is 0 Å². The van der Waals surface area contributed by atoms with Gasteiger partial charge in [0.05, 0.1) is 23.7 Å². The molecule has 0 aliphatic heterocycles. The van der Waals surface area contributed by atoms with Gasteiger partial charge in [0.1, 0.15) is 23.7 Å². The summed E-state index contributed by atoms with van der Waals surface area (Å²) in [5.74, 6) is 1.17. The van der Waals surface area contributed by atoms with Crippen molar-refractivity contribution in [2.75, 3.05) is 7.11 Å². The largest absolute Gasteiger partial charge is 0.495 e. The number of benzene rings is 2. The molecule has 1 N–H and O–H groups in total. The van der Waals surface area contributed by atoms with Gasteiger partial charge in [-0.15, -0.1) is 0 Å². The van der Waals surface area contributed by atoms with Crippen molar-refractivity contribution in [2.45, 2.75) is 19.6 Å². The Morgan fingerprint density at radius 3 is 2.78 bits per heavy atom. The van der Waals surface area contributed by atoms with Gasteiger partial charge in [0, 0.05) is 6.54 Å². The zero-order valence-electron chi connectivity index (χ0n) is 13.0. The molecule has 0 spiro atoms. The van der Waals surface area contributed by atoms with E-state index in [9.17, 15) is 10.4 Å². The quantitative estimate of drug-likeness (QED) is 0.804. The highest BCUT2D eigenvalue weighted by molar-refractivity contribution is 5.76.